The highest BCUT2D eigenvalue weighted by Crippen LogP contribution is 2.38. The standard InChI is InChI=1S/C15H17ClO/c1-15(2)12(4-3-5-14(15)17)10-11-6-8-13(16)9-7-11/h6-10H,3-5H2,1-2H3. The average Bonchev–Trinajstić information content (AvgIpc) is 2.28. The predicted molar refractivity (Wildman–Crippen MR) is 72.1 cm³/mol. The van der Waals surface area contributed by atoms with Gasteiger partial charge in [0.1, 0.15) is 5.78 Å². The van der Waals surface area contributed by atoms with Crippen molar-refractivity contribution in [1.29, 1.82) is 0 Å². The van der Waals surface area contributed by atoms with Gasteiger partial charge in [0.15, 0.2) is 0 Å². The first-order chi connectivity index (χ1) is 8.00. The van der Waals surface area contributed by atoms with Crippen LogP contribution in [0.4, 0.5) is 0 Å². The number of hydrogen-bond donors (Lipinski definition) is 0. The van der Waals surface area contributed by atoms with Gasteiger partial charge in [0.2, 0.25) is 0 Å². The smallest absolute Gasteiger partial charge is 0.142 e. The highest BCUT2D eigenvalue weighted by molar-refractivity contribution is 6.30. The van der Waals surface area contributed by atoms with E-state index in [2.05, 4.69) is 6.08 Å². The van der Waals surface area contributed by atoms with Crippen molar-refractivity contribution in [2.75, 3.05) is 0 Å². The lowest BCUT2D eigenvalue weighted by molar-refractivity contribution is -0.126. The Balaban J connectivity index is 2.32. The Morgan fingerprint density at radius 1 is 1.18 bits per heavy atom. The van der Waals surface area contributed by atoms with Crippen LogP contribution in [-0.2, 0) is 4.79 Å². The van der Waals surface area contributed by atoms with Crippen molar-refractivity contribution >= 4 is 23.5 Å². The lowest BCUT2D eigenvalue weighted by Gasteiger charge is -2.31. The third-order valence-electron chi connectivity index (χ3n) is 3.56. The van der Waals surface area contributed by atoms with Crippen molar-refractivity contribution in [2.24, 2.45) is 5.41 Å². The topological polar surface area (TPSA) is 17.1 Å². The molecule has 1 nitrogen and oxygen atoms in total. The number of carbonyl (C=O) groups excluding carboxylic acids is 1. The Bertz CT molecular complexity index is 454. The van der Waals surface area contributed by atoms with Gasteiger partial charge in [0, 0.05) is 16.9 Å². The van der Waals surface area contributed by atoms with Gasteiger partial charge in [0.25, 0.3) is 0 Å². The van der Waals surface area contributed by atoms with Crippen LogP contribution >= 0.6 is 11.6 Å². The fraction of sp³-hybridized carbons (Fsp3) is 0.400. The molecule has 90 valence electrons. The summed E-state index contributed by atoms with van der Waals surface area (Å²) in [6, 6.07) is 7.74. The zero-order chi connectivity index (χ0) is 12.5. The fourth-order valence-corrected chi connectivity index (χ4v) is 2.38. The number of hydrogen-bond acceptors (Lipinski definition) is 1. The van der Waals surface area contributed by atoms with E-state index >= 15 is 0 Å². The van der Waals surface area contributed by atoms with Crippen LogP contribution in [-0.4, -0.2) is 5.78 Å². The number of halogens is 1. The molecule has 2 rings (SSSR count). The molecule has 1 fully saturated rings. The fourth-order valence-electron chi connectivity index (χ4n) is 2.26. The van der Waals surface area contributed by atoms with E-state index in [0.717, 1.165) is 23.4 Å². The maximum atomic E-state index is 11.9. The molecule has 0 heterocycles. The SMILES string of the molecule is CC1(C)C(=O)CCCC1=Cc1ccc(Cl)cc1. The number of benzene rings is 1. The molecule has 0 amide bonds. The first kappa shape index (κ1) is 12.4. The van der Waals surface area contributed by atoms with Gasteiger partial charge in [0.05, 0.1) is 0 Å². The zero-order valence-corrected chi connectivity index (χ0v) is 11.1. The van der Waals surface area contributed by atoms with Gasteiger partial charge < -0.3 is 0 Å². The van der Waals surface area contributed by atoms with E-state index < -0.39 is 0 Å². The molecule has 1 aromatic carbocycles. The van der Waals surface area contributed by atoms with Gasteiger partial charge in [-0.1, -0.05) is 35.4 Å². The van der Waals surface area contributed by atoms with Gasteiger partial charge in [-0.15, -0.1) is 0 Å². The van der Waals surface area contributed by atoms with Gasteiger partial charge in [-0.05, 0) is 44.4 Å². The van der Waals surface area contributed by atoms with E-state index in [4.69, 9.17) is 11.6 Å². The monoisotopic (exact) mass is 248 g/mol. The van der Waals surface area contributed by atoms with Gasteiger partial charge in [-0.25, -0.2) is 0 Å². The molecule has 0 unspecified atom stereocenters. The number of ketones is 1. The summed E-state index contributed by atoms with van der Waals surface area (Å²) in [5.74, 6) is 0.351. The van der Waals surface area contributed by atoms with Gasteiger partial charge in [-0.3, -0.25) is 4.79 Å². The van der Waals surface area contributed by atoms with Crippen LogP contribution in [0.3, 0.4) is 0 Å². The van der Waals surface area contributed by atoms with E-state index in [9.17, 15) is 4.79 Å². The Labute approximate surface area is 107 Å². The molecule has 1 saturated carbocycles. The molecular formula is C15H17ClO. The average molecular weight is 249 g/mol. The van der Waals surface area contributed by atoms with Crippen molar-refractivity contribution in [3.8, 4) is 0 Å². The molecule has 0 N–H and O–H groups in total. The Kier molecular flexibility index (Phi) is 3.39. The summed E-state index contributed by atoms with van der Waals surface area (Å²) in [7, 11) is 0. The second-order valence-corrected chi connectivity index (χ2v) is 5.56. The third kappa shape index (κ3) is 2.61. The largest absolute Gasteiger partial charge is 0.299 e. The summed E-state index contributed by atoms with van der Waals surface area (Å²) in [6.45, 7) is 4.05. The molecule has 1 aromatic rings. The van der Waals surface area contributed by atoms with Crippen LogP contribution in [0, 0.1) is 5.41 Å². The minimum atomic E-state index is -0.308. The maximum absolute atomic E-state index is 11.9. The van der Waals surface area contributed by atoms with Crippen LogP contribution in [0.25, 0.3) is 6.08 Å². The number of Topliss-reactive ketones (excluding diaryl/α,β-unsaturated/α-hetero) is 1. The minimum absolute atomic E-state index is 0.308. The molecule has 0 radical (unpaired) electrons. The first-order valence-corrected chi connectivity index (χ1v) is 6.38. The lowest BCUT2D eigenvalue weighted by Crippen LogP contribution is -2.30. The second-order valence-electron chi connectivity index (χ2n) is 5.12. The van der Waals surface area contributed by atoms with Crippen molar-refractivity contribution in [1.82, 2.24) is 0 Å². The van der Waals surface area contributed by atoms with Crippen molar-refractivity contribution < 1.29 is 4.79 Å². The van der Waals surface area contributed by atoms with Crippen LogP contribution in [0.1, 0.15) is 38.7 Å². The molecule has 0 aliphatic heterocycles. The van der Waals surface area contributed by atoms with Gasteiger partial charge in [-0.2, -0.15) is 0 Å². The highest BCUT2D eigenvalue weighted by atomic mass is 35.5. The zero-order valence-electron chi connectivity index (χ0n) is 10.3. The molecule has 0 saturated heterocycles. The van der Waals surface area contributed by atoms with Gasteiger partial charge >= 0.3 is 0 Å². The minimum Gasteiger partial charge on any atom is -0.299 e. The molecular weight excluding hydrogens is 232 g/mol. The molecule has 0 atom stereocenters. The maximum Gasteiger partial charge on any atom is 0.142 e. The van der Waals surface area contributed by atoms with E-state index in [1.165, 1.54) is 5.57 Å². The molecule has 0 spiro atoms. The first-order valence-electron chi connectivity index (χ1n) is 6.00. The predicted octanol–water partition coefficient (Wildman–Crippen LogP) is 4.50. The summed E-state index contributed by atoms with van der Waals surface area (Å²) in [5, 5.41) is 0.742. The quantitative estimate of drug-likeness (QED) is 0.715. The molecule has 17 heavy (non-hydrogen) atoms. The van der Waals surface area contributed by atoms with E-state index in [-0.39, 0.29) is 5.41 Å². The van der Waals surface area contributed by atoms with Crippen molar-refractivity contribution in [3.05, 3.63) is 40.4 Å². The summed E-state index contributed by atoms with van der Waals surface area (Å²) in [6.07, 6.45) is 4.83. The second kappa shape index (κ2) is 4.66. The molecule has 0 bridgehead atoms. The molecule has 0 aromatic heterocycles. The van der Waals surface area contributed by atoms with E-state index in [0.29, 0.717) is 12.2 Å². The van der Waals surface area contributed by atoms with Crippen LogP contribution in [0.15, 0.2) is 29.8 Å². The lowest BCUT2D eigenvalue weighted by atomic mass is 9.71. The normalized spacial score (nSPS) is 21.8. The van der Waals surface area contributed by atoms with Crippen LogP contribution in [0.2, 0.25) is 5.02 Å². The van der Waals surface area contributed by atoms with Crippen molar-refractivity contribution in [3.63, 3.8) is 0 Å². The Hall–Kier alpha value is -1.08. The third-order valence-corrected chi connectivity index (χ3v) is 3.81. The molecule has 2 heteroatoms. The number of rotatable bonds is 1. The number of allylic oxidation sites excluding steroid dienone is 1. The van der Waals surface area contributed by atoms with E-state index in [1.807, 2.05) is 38.1 Å². The van der Waals surface area contributed by atoms with Crippen LogP contribution < -0.4 is 0 Å². The highest BCUT2D eigenvalue weighted by Gasteiger charge is 2.34. The summed E-state index contributed by atoms with van der Waals surface area (Å²) in [5.41, 5.74) is 2.04. The van der Waals surface area contributed by atoms with Crippen LogP contribution in [0.5, 0.6) is 0 Å². The number of carbonyl (C=O) groups is 1. The summed E-state index contributed by atoms with van der Waals surface area (Å²) < 4.78 is 0. The summed E-state index contributed by atoms with van der Waals surface area (Å²) >= 11 is 5.86. The Morgan fingerprint density at radius 2 is 1.82 bits per heavy atom. The van der Waals surface area contributed by atoms with Crippen molar-refractivity contribution in [2.45, 2.75) is 33.1 Å². The molecule has 1 aliphatic rings. The molecule has 1 aliphatic carbocycles. The summed E-state index contributed by atoms with van der Waals surface area (Å²) in [4.78, 5) is 11.9. The van der Waals surface area contributed by atoms with E-state index in [1.54, 1.807) is 0 Å². The Morgan fingerprint density at radius 3 is 2.47 bits per heavy atom.